The summed E-state index contributed by atoms with van der Waals surface area (Å²) in [7, 11) is 0. The molecule has 1 nitrogen and oxygen atoms in total. The first-order chi connectivity index (χ1) is 8.04. The second-order valence-corrected chi connectivity index (χ2v) is 6.00. The Labute approximate surface area is 106 Å². The number of rotatable bonds is 1. The molecule has 1 atom stereocenters. The Morgan fingerprint density at radius 1 is 1.41 bits per heavy atom. The van der Waals surface area contributed by atoms with Gasteiger partial charge in [0, 0.05) is 12.2 Å². The van der Waals surface area contributed by atoms with E-state index in [1.54, 1.807) is 0 Å². The molecule has 1 unspecified atom stereocenters. The van der Waals surface area contributed by atoms with E-state index in [-0.39, 0.29) is 0 Å². The fourth-order valence-electron chi connectivity index (χ4n) is 2.95. The average Bonchev–Trinajstić information content (AvgIpc) is 2.50. The molecule has 0 spiro atoms. The quantitative estimate of drug-likeness (QED) is 0.713. The second-order valence-electron chi connectivity index (χ2n) is 6.00. The Morgan fingerprint density at radius 2 is 2.18 bits per heavy atom. The van der Waals surface area contributed by atoms with Crippen molar-refractivity contribution in [3.8, 4) is 0 Å². The first kappa shape index (κ1) is 12.5. The fourth-order valence-corrected chi connectivity index (χ4v) is 2.95. The SMILES string of the molecule is CCC1C=CC2=C(C=C1C)NCCCC2(C)C. The molecule has 1 aliphatic heterocycles. The van der Waals surface area contributed by atoms with Crippen LogP contribution in [-0.2, 0) is 0 Å². The summed E-state index contributed by atoms with van der Waals surface area (Å²) in [4.78, 5) is 0. The maximum Gasteiger partial charge on any atom is 0.0377 e. The molecule has 0 radical (unpaired) electrons. The zero-order valence-corrected chi connectivity index (χ0v) is 11.6. The van der Waals surface area contributed by atoms with Crippen LogP contribution in [0.5, 0.6) is 0 Å². The Hall–Kier alpha value is -0.980. The molecule has 0 amide bonds. The van der Waals surface area contributed by atoms with Crippen LogP contribution in [0.25, 0.3) is 0 Å². The molecule has 2 aliphatic rings. The van der Waals surface area contributed by atoms with Crippen molar-refractivity contribution in [1.82, 2.24) is 5.32 Å². The van der Waals surface area contributed by atoms with Crippen molar-refractivity contribution >= 4 is 0 Å². The summed E-state index contributed by atoms with van der Waals surface area (Å²) in [5.41, 5.74) is 4.64. The van der Waals surface area contributed by atoms with E-state index in [1.807, 2.05) is 0 Å². The van der Waals surface area contributed by atoms with Gasteiger partial charge in [0.15, 0.2) is 0 Å². The Bertz CT molecular complexity index is 382. The van der Waals surface area contributed by atoms with E-state index in [0.29, 0.717) is 11.3 Å². The van der Waals surface area contributed by atoms with Gasteiger partial charge < -0.3 is 5.32 Å². The molecule has 0 bridgehead atoms. The van der Waals surface area contributed by atoms with Crippen LogP contribution in [0.3, 0.4) is 0 Å². The highest BCUT2D eigenvalue weighted by Crippen LogP contribution is 2.38. The molecule has 0 saturated heterocycles. The third-order valence-corrected chi connectivity index (χ3v) is 4.21. The molecule has 1 aliphatic carbocycles. The standard InChI is InChI=1S/C16H25N/c1-5-13-7-8-14-15(11-12(13)2)17-10-6-9-16(14,3)4/h7-8,11,13,17H,5-6,9-10H2,1-4H3. The van der Waals surface area contributed by atoms with Gasteiger partial charge in [-0.3, -0.25) is 0 Å². The Balaban J connectivity index is 2.44. The van der Waals surface area contributed by atoms with Crippen molar-refractivity contribution in [2.75, 3.05) is 6.54 Å². The van der Waals surface area contributed by atoms with Crippen molar-refractivity contribution in [2.24, 2.45) is 11.3 Å². The number of nitrogens with one attached hydrogen (secondary N) is 1. The summed E-state index contributed by atoms with van der Waals surface area (Å²) in [5, 5.41) is 3.61. The Kier molecular flexibility index (Phi) is 3.46. The van der Waals surface area contributed by atoms with Crippen molar-refractivity contribution in [2.45, 2.75) is 47.0 Å². The highest BCUT2D eigenvalue weighted by atomic mass is 14.9. The van der Waals surface area contributed by atoms with Gasteiger partial charge in [0.25, 0.3) is 0 Å². The molecule has 0 aromatic rings. The van der Waals surface area contributed by atoms with E-state index in [9.17, 15) is 0 Å². The largest absolute Gasteiger partial charge is 0.385 e. The molecule has 17 heavy (non-hydrogen) atoms. The lowest BCUT2D eigenvalue weighted by Gasteiger charge is -2.25. The summed E-state index contributed by atoms with van der Waals surface area (Å²) in [6, 6.07) is 0. The molecule has 0 aromatic carbocycles. The molecule has 2 rings (SSSR count). The van der Waals surface area contributed by atoms with Crippen molar-refractivity contribution < 1.29 is 0 Å². The van der Waals surface area contributed by atoms with Crippen LogP contribution < -0.4 is 5.32 Å². The van der Waals surface area contributed by atoms with Crippen LogP contribution in [0.4, 0.5) is 0 Å². The van der Waals surface area contributed by atoms with Gasteiger partial charge in [-0.05, 0) is 49.2 Å². The average molecular weight is 231 g/mol. The third-order valence-electron chi connectivity index (χ3n) is 4.21. The minimum absolute atomic E-state index is 0.300. The highest BCUT2D eigenvalue weighted by molar-refractivity contribution is 5.42. The smallest absolute Gasteiger partial charge is 0.0377 e. The second kappa shape index (κ2) is 4.72. The van der Waals surface area contributed by atoms with Crippen LogP contribution in [0.2, 0.25) is 0 Å². The molecular weight excluding hydrogens is 206 g/mol. The van der Waals surface area contributed by atoms with Crippen LogP contribution in [0.1, 0.15) is 47.0 Å². The van der Waals surface area contributed by atoms with E-state index in [4.69, 9.17) is 0 Å². The predicted octanol–water partition coefficient (Wildman–Crippen LogP) is 4.19. The van der Waals surface area contributed by atoms with Gasteiger partial charge in [-0.15, -0.1) is 0 Å². The van der Waals surface area contributed by atoms with Gasteiger partial charge in [-0.2, -0.15) is 0 Å². The normalized spacial score (nSPS) is 27.8. The molecule has 1 N–H and O–H groups in total. The van der Waals surface area contributed by atoms with Crippen molar-refractivity contribution in [1.29, 1.82) is 0 Å². The fraction of sp³-hybridized carbons (Fsp3) is 0.625. The van der Waals surface area contributed by atoms with E-state index < -0.39 is 0 Å². The lowest BCUT2D eigenvalue weighted by molar-refractivity contribution is 0.412. The number of allylic oxidation sites excluding steroid dienone is 5. The molecule has 0 fully saturated rings. The first-order valence-electron chi connectivity index (χ1n) is 6.89. The van der Waals surface area contributed by atoms with Gasteiger partial charge in [-0.1, -0.05) is 38.5 Å². The van der Waals surface area contributed by atoms with E-state index in [2.05, 4.69) is 51.2 Å². The minimum atomic E-state index is 0.300. The summed E-state index contributed by atoms with van der Waals surface area (Å²) < 4.78 is 0. The van der Waals surface area contributed by atoms with Crippen LogP contribution in [-0.4, -0.2) is 6.54 Å². The molecule has 94 valence electrons. The van der Waals surface area contributed by atoms with Gasteiger partial charge >= 0.3 is 0 Å². The molecule has 0 saturated carbocycles. The van der Waals surface area contributed by atoms with Gasteiger partial charge in [-0.25, -0.2) is 0 Å². The zero-order valence-electron chi connectivity index (χ0n) is 11.6. The maximum absolute atomic E-state index is 3.61. The molecule has 1 heteroatoms. The summed E-state index contributed by atoms with van der Waals surface area (Å²) >= 11 is 0. The van der Waals surface area contributed by atoms with Gasteiger partial charge in [0.2, 0.25) is 0 Å². The van der Waals surface area contributed by atoms with Crippen LogP contribution in [0.15, 0.2) is 35.1 Å². The number of hydrogen-bond acceptors (Lipinski definition) is 1. The zero-order chi connectivity index (χ0) is 12.5. The van der Waals surface area contributed by atoms with Crippen LogP contribution in [0, 0.1) is 11.3 Å². The maximum atomic E-state index is 3.61. The minimum Gasteiger partial charge on any atom is -0.385 e. The molecule has 1 heterocycles. The third kappa shape index (κ3) is 2.48. The first-order valence-corrected chi connectivity index (χ1v) is 6.89. The lowest BCUT2D eigenvalue weighted by atomic mass is 9.79. The monoisotopic (exact) mass is 231 g/mol. The summed E-state index contributed by atoms with van der Waals surface area (Å²) in [6.45, 7) is 10.4. The topological polar surface area (TPSA) is 12.0 Å². The van der Waals surface area contributed by atoms with Crippen LogP contribution >= 0.6 is 0 Å². The van der Waals surface area contributed by atoms with Gasteiger partial charge in [0.05, 0.1) is 0 Å². The van der Waals surface area contributed by atoms with Crippen molar-refractivity contribution in [3.63, 3.8) is 0 Å². The van der Waals surface area contributed by atoms with E-state index in [1.165, 1.54) is 36.1 Å². The summed E-state index contributed by atoms with van der Waals surface area (Å²) in [5.74, 6) is 0.611. The molecule has 0 aromatic heterocycles. The van der Waals surface area contributed by atoms with E-state index >= 15 is 0 Å². The van der Waals surface area contributed by atoms with E-state index in [0.717, 1.165) is 6.54 Å². The number of hydrogen-bond donors (Lipinski definition) is 1. The van der Waals surface area contributed by atoms with Gasteiger partial charge in [0.1, 0.15) is 0 Å². The summed E-state index contributed by atoms with van der Waals surface area (Å²) in [6.07, 6.45) is 10.9. The molecular formula is C16H25N. The Morgan fingerprint density at radius 3 is 2.88 bits per heavy atom. The predicted molar refractivity (Wildman–Crippen MR) is 74.7 cm³/mol. The van der Waals surface area contributed by atoms with Crippen molar-refractivity contribution in [3.05, 3.63) is 35.1 Å². The lowest BCUT2D eigenvalue weighted by Crippen LogP contribution is -2.16. The highest BCUT2D eigenvalue weighted by Gasteiger charge is 2.27.